The summed E-state index contributed by atoms with van der Waals surface area (Å²) in [6.07, 6.45) is 7.30. The molecule has 0 saturated carbocycles. The van der Waals surface area contributed by atoms with Crippen molar-refractivity contribution in [2.75, 3.05) is 13.1 Å². The molecule has 0 radical (unpaired) electrons. The number of carbonyl (C=O) groups is 1. The third-order valence-electron chi connectivity index (χ3n) is 3.22. The molecule has 6 heteroatoms. The van der Waals surface area contributed by atoms with Crippen molar-refractivity contribution in [3.8, 4) is 0 Å². The average Bonchev–Trinajstić information content (AvgIpc) is 3.09. The van der Waals surface area contributed by atoms with Crippen LogP contribution < -0.4 is 0 Å². The number of nitrogens with one attached hydrogen (secondary N) is 1. The predicted octanol–water partition coefficient (Wildman–Crippen LogP) is 0.829. The van der Waals surface area contributed by atoms with E-state index in [0.717, 1.165) is 18.7 Å². The molecule has 1 fully saturated rings. The lowest BCUT2D eigenvalue weighted by Gasteiger charge is -2.15. The van der Waals surface area contributed by atoms with Crippen molar-refractivity contribution in [3.05, 3.63) is 42.2 Å². The van der Waals surface area contributed by atoms with Crippen LogP contribution in [0.15, 0.2) is 30.9 Å². The van der Waals surface area contributed by atoms with Gasteiger partial charge in [-0.15, -0.1) is 0 Å². The van der Waals surface area contributed by atoms with Gasteiger partial charge in [0.05, 0.1) is 6.20 Å². The first kappa shape index (κ1) is 10.9. The zero-order valence-corrected chi connectivity index (χ0v) is 9.78. The Bertz CT molecular complexity index is 525. The van der Waals surface area contributed by atoms with E-state index >= 15 is 0 Å². The Labute approximate surface area is 104 Å². The van der Waals surface area contributed by atoms with Gasteiger partial charge in [0.25, 0.3) is 5.91 Å². The summed E-state index contributed by atoms with van der Waals surface area (Å²) in [6.45, 7) is 1.46. The van der Waals surface area contributed by atoms with Gasteiger partial charge in [-0.2, -0.15) is 5.10 Å². The summed E-state index contributed by atoms with van der Waals surface area (Å²) in [6, 6.07) is 1.96. The Kier molecular flexibility index (Phi) is 2.76. The van der Waals surface area contributed by atoms with Crippen LogP contribution in [0.4, 0.5) is 0 Å². The predicted molar refractivity (Wildman–Crippen MR) is 63.9 cm³/mol. The molecule has 1 atom stereocenters. The van der Waals surface area contributed by atoms with E-state index in [4.69, 9.17) is 0 Å². The van der Waals surface area contributed by atoms with E-state index in [9.17, 15) is 4.79 Å². The van der Waals surface area contributed by atoms with Crippen LogP contribution in [0.5, 0.6) is 0 Å². The number of H-pyrrole nitrogens is 1. The van der Waals surface area contributed by atoms with Crippen molar-refractivity contribution < 1.29 is 4.79 Å². The van der Waals surface area contributed by atoms with E-state index in [2.05, 4.69) is 20.2 Å². The van der Waals surface area contributed by atoms with Gasteiger partial charge in [0.15, 0.2) is 0 Å². The minimum Gasteiger partial charge on any atom is -0.337 e. The lowest BCUT2D eigenvalue weighted by atomic mass is 10.1. The highest BCUT2D eigenvalue weighted by Crippen LogP contribution is 2.26. The first-order chi connectivity index (χ1) is 8.84. The van der Waals surface area contributed by atoms with Crippen LogP contribution in [0, 0.1) is 0 Å². The number of amides is 1. The van der Waals surface area contributed by atoms with Gasteiger partial charge in [-0.25, -0.2) is 4.98 Å². The van der Waals surface area contributed by atoms with Crippen molar-refractivity contribution in [1.29, 1.82) is 0 Å². The number of aromatic amines is 1. The first-order valence-electron chi connectivity index (χ1n) is 5.89. The van der Waals surface area contributed by atoms with Gasteiger partial charge in [0, 0.05) is 43.3 Å². The average molecular weight is 243 g/mol. The van der Waals surface area contributed by atoms with Crippen LogP contribution in [-0.4, -0.2) is 44.1 Å². The van der Waals surface area contributed by atoms with Crippen LogP contribution in [0.1, 0.15) is 28.5 Å². The Balaban J connectivity index is 1.71. The zero-order chi connectivity index (χ0) is 12.4. The molecule has 2 aromatic heterocycles. The molecule has 1 N–H and O–H groups in total. The summed E-state index contributed by atoms with van der Waals surface area (Å²) in [5, 5.41) is 6.91. The maximum Gasteiger partial charge on any atom is 0.274 e. The lowest BCUT2D eigenvalue weighted by molar-refractivity contribution is 0.0784. The van der Waals surface area contributed by atoms with Gasteiger partial charge in [0.1, 0.15) is 5.69 Å². The van der Waals surface area contributed by atoms with Gasteiger partial charge in [-0.3, -0.25) is 14.9 Å². The second kappa shape index (κ2) is 4.56. The van der Waals surface area contributed by atoms with Crippen LogP contribution >= 0.6 is 0 Å². The highest BCUT2D eigenvalue weighted by Gasteiger charge is 2.29. The normalized spacial score (nSPS) is 19.1. The molecule has 1 amide bonds. The summed E-state index contributed by atoms with van der Waals surface area (Å²) in [5.74, 6) is 0.290. The quantitative estimate of drug-likeness (QED) is 0.847. The molecule has 92 valence electrons. The van der Waals surface area contributed by atoms with E-state index < -0.39 is 0 Å². The van der Waals surface area contributed by atoms with Crippen molar-refractivity contribution in [2.45, 2.75) is 12.3 Å². The Morgan fingerprint density at radius 2 is 2.33 bits per heavy atom. The maximum absolute atomic E-state index is 12.2. The molecule has 18 heavy (non-hydrogen) atoms. The molecule has 2 aromatic rings. The van der Waals surface area contributed by atoms with Crippen LogP contribution in [0.3, 0.4) is 0 Å². The van der Waals surface area contributed by atoms with Crippen LogP contribution in [-0.2, 0) is 0 Å². The largest absolute Gasteiger partial charge is 0.337 e. The van der Waals surface area contributed by atoms with Crippen molar-refractivity contribution >= 4 is 5.91 Å². The Hall–Kier alpha value is -2.24. The van der Waals surface area contributed by atoms with E-state index in [1.807, 2.05) is 11.0 Å². The monoisotopic (exact) mass is 243 g/mol. The van der Waals surface area contributed by atoms with Crippen molar-refractivity contribution in [3.63, 3.8) is 0 Å². The summed E-state index contributed by atoms with van der Waals surface area (Å²) < 4.78 is 0. The number of aromatic nitrogens is 4. The fraction of sp³-hybridized carbons (Fsp3) is 0.333. The summed E-state index contributed by atoms with van der Waals surface area (Å²) in [4.78, 5) is 21.9. The Morgan fingerprint density at radius 1 is 1.39 bits per heavy atom. The van der Waals surface area contributed by atoms with Crippen LogP contribution in [0.2, 0.25) is 0 Å². The minimum absolute atomic E-state index is 0.0508. The zero-order valence-electron chi connectivity index (χ0n) is 9.78. The second-order valence-corrected chi connectivity index (χ2v) is 4.34. The number of likely N-dealkylation sites (tertiary alicyclic amines) is 1. The molecule has 0 aliphatic carbocycles. The summed E-state index contributed by atoms with van der Waals surface area (Å²) in [7, 11) is 0. The number of hydrogen-bond acceptors (Lipinski definition) is 4. The molecule has 0 spiro atoms. The standard InChI is InChI=1S/C12H13N5O/c18-12(11-7-13-4-5-14-11)17-6-2-9(8-17)10-1-3-15-16-10/h1,3-5,7,9H,2,6,8H2,(H,15,16)/t9-/m0/s1. The lowest BCUT2D eigenvalue weighted by Crippen LogP contribution is -2.29. The molecule has 0 bridgehead atoms. The molecule has 0 aromatic carbocycles. The fourth-order valence-electron chi connectivity index (χ4n) is 2.26. The smallest absolute Gasteiger partial charge is 0.274 e. The Morgan fingerprint density at radius 3 is 3.06 bits per heavy atom. The topological polar surface area (TPSA) is 74.8 Å². The minimum atomic E-state index is -0.0508. The van der Waals surface area contributed by atoms with Gasteiger partial charge >= 0.3 is 0 Å². The maximum atomic E-state index is 12.2. The van der Waals surface area contributed by atoms with Crippen molar-refractivity contribution in [1.82, 2.24) is 25.1 Å². The van der Waals surface area contributed by atoms with E-state index in [1.165, 1.54) is 12.4 Å². The molecule has 3 heterocycles. The third kappa shape index (κ3) is 1.97. The molecule has 3 rings (SSSR count). The second-order valence-electron chi connectivity index (χ2n) is 4.34. The molecule has 1 aliphatic heterocycles. The number of nitrogens with zero attached hydrogens (tertiary/aromatic N) is 4. The number of rotatable bonds is 2. The van der Waals surface area contributed by atoms with E-state index in [0.29, 0.717) is 18.2 Å². The van der Waals surface area contributed by atoms with Crippen molar-refractivity contribution in [2.24, 2.45) is 0 Å². The molecular weight excluding hydrogens is 230 g/mol. The third-order valence-corrected chi connectivity index (χ3v) is 3.22. The highest BCUT2D eigenvalue weighted by molar-refractivity contribution is 5.92. The highest BCUT2D eigenvalue weighted by atomic mass is 16.2. The molecule has 1 aliphatic rings. The summed E-state index contributed by atoms with van der Waals surface area (Å²) >= 11 is 0. The first-order valence-corrected chi connectivity index (χ1v) is 5.89. The van der Waals surface area contributed by atoms with Gasteiger partial charge in [-0.1, -0.05) is 0 Å². The number of hydrogen-bond donors (Lipinski definition) is 1. The van der Waals surface area contributed by atoms with E-state index in [1.54, 1.807) is 12.4 Å². The fourth-order valence-corrected chi connectivity index (χ4v) is 2.26. The van der Waals surface area contributed by atoms with Gasteiger partial charge in [0.2, 0.25) is 0 Å². The van der Waals surface area contributed by atoms with Gasteiger partial charge < -0.3 is 4.90 Å². The SMILES string of the molecule is O=C(c1cnccn1)N1CC[C@H](c2ccn[nH]2)C1. The van der Waals surface area contributed by atoms with Gasteiger partial charge in [-0.05, 0) is 12.5 Å². The molecule has 0 unspecified atom stereocenters. The summed E-state index contributed by atoms with van der Waals surface area (Å²) in [5.41, 5.74) is 1.49. The van der Waals surface area contributed by atoms with Crippen LogP contribution in [0.25, 0.3) is 0 Å². The number of carbonyl (C=O) groups excluding carboxylic acids is 1. The molecular formula is C12H13N5O. The molecule has 6 nitrogen and oxygen atoms in total. The molecule has 1 saturated heterocycles. The van der Waals surface area contributed by atoms with E-state index in [-0.39, 0.29) is 5.91 Å².